The van der Waals surface area contributed by atoms with E-state index in [0.717, 1.165) is 12.1 Å². The second-order valence-electron chi connectivity index (χ2n) is 5.19. The summed E-state index contributed by atoms with van der Waals surface area (Å²) in [6.07, 6.45) is 0.829. The number of carbonyl (C=O) groups excluding carboxylic acids is 2. The van der Waals surface area contributed by atoms with Crippen molar-refractivity contribution in [2.45, 2.75) is 20.3 Å². The highest BCUT2D eigenvalue weighted by atomic mass is 35.5. The third-order valence-electron chi connectivity index (χ3n) is 3.24. The normalized spacial score (nSPS) is 10.4. The standard InChI is InChI=1S/C16H19ClN4O2/c1-4-7-18-15(22)12-6-5-11(17)9-13(12)19-16(23)14-8-10(2)20-21(14)3/h5-6,8-9H,4,7H2,1-3H3,(H,18,22)(H,19,23). The molecule has 0 saturated carbocycles. The molecule has 122 valence electrons. The molecule has 6 nitrogen and oxygen atoms in total. The van der Waals surface area contributed by atoms with Crippen LogP contribution in [-0.2, 0) is 7.05 Å². The van der Waals surface area contributed by atoms with Crippen molar-refractivity contribution in [3.63, 3.8) is 0 Å². The summed E-state index contributed by atoms with van der Waals surface area (Å²) >= 11 is 5.99. The summed E-state index contributed by atoms with van der Waals surface area (Å²) in [7, 11) is 1.69. The molecule has 1 heterocycles. The highest BCUT2D eigenvalue weighted by Gasteiger charge is 2.17. The van der Waals surface area contributed by atoms with Crippen molar-refractivity contribution in [2.24, 2.45) is 7.05 Å². The molecule has 23 heavy (non-hydrogen) atoms. The molecule has 2 rings (SSSR count). The molecule has 0 aliphatic heterocycles. The maximum absolute atomic E-state index is 12.4. The first-order chi connectivity index (χ1) is 10.9. The number of carbonyl (C=O) groups is 2. The van der Waals surface area contributed by atoms with Crippen molar-refractivity contribution in [1.82, 2.24) is 15.1 Å². The van der Waals surface area contributed by atoms with Gasteiger partial charge in [0.05, 0.1) is 16.9 Å². The Morgan fingerprint density at radius 1 is 1.26 bits per heavy atom. The third kappa shape index (κ3) is 4.10. The van der Waals surface area contributed by atoms with E-state index in [4.69, 9.17) is 11.6 Å². The molecular formula is C16H19ClN4O2. The van der Waals surface area contributed by atoms with Gasteiger partial charge in [0, 0.05) is 18.6 Å². The van der Waals surface area contributed by atoms with Crippen molar-refractivity contribution < 1.29 is 9.59 Å². The summed E-state index contributed by atoms with van der Waals surface area (Å²) < 4.78 is 1.49. The minimum Gasteiger partial charge on any atom is -0.352 e. The van der Waals surface area contributed by atoms with Gasteiger partial charge < -0.3 is 10.6 Å². The number of anilines is 1. The van der Waals surface area contributed by atoms with E-state index in [1.807, 2.05) is 6.92 Å². The van der Waals surface area contributed by atoms with Gasteiger partial charge in [0.1, 0.15) is 5.69 Å². The molecule has 0 saturated heterocycles. The van der Waals surface area contributed by atoms with Gasteiger partial charge in [-0.2, -0.15) is 5.10 Å². The molecule has 0 spiro atoms. The molecule has 1 aromatic heterocycles. The van der Waals surface area contributed by atoms with Crippen LogP contribution < -0.4 is 10.6 Å². The number of amides is 2. The lowest BCUT2D eigenvalue weighted by atomic mass is 10.1. The highest BCUT2D eigenvalue weighted by molar-refractivity contribution is 6.31. The fraction of sp³-hybridized carbons (Fsp3) is 0.312. The molecule has 0 bridgehead atoms. The van der Waals surface area contributed by atoms with Crippen LogP contribution in [0.3, 0.4) is 0 Å². The second kappa shape index (κ2) is 7.28. The Kier molecular flexibility index (Phi) is 5.39. The van der Waals surface area contributed by atoms with E-state index in [-0.39, 0.29) is 11.8 Å². The van der Waals surface area contributed by atoms with Gasteiger partial charge in [-0.25, -0.2) is 0 Å². The van der Waals surface area contributed by atoms with Crippen molar-refractivity contribution in [3.8, 4) is 0 Å². The lowest BCUT2D eigenvalue weighted by molar-refractivity contribution is 0.0954. The predicted molar refractivity (Wildman–Crippen MR) is 90.0 cm³/mol. The van der Waals surface area contributed by atoms with Crippen molar-refractivity contribution in [1.29, 1.82) is 0 Å². The van der Waals surface area contributed by atoms with E-state index in [9.17, 15) is 9.59 Å². The summed E-state index contributed by atoms with van der Waals surface area (Å²) in [5.41, 5.74) is 1.89. The van der Waals surface area contributed by atoms with Crippen LogP contribution in [0.2, 0.25) is 5.02 Å². The van der Waals surface area contributed by atoms with Crippen molar-refractivity contribution in [2.75, 3.05) is 11.9 Å². The van der Waals surface area contributed by atoms with Crippen LogP contribution in [0.15, 0.2) is 24.3 Å². The molecular weight excluding hydrogens is 316 g/mol. The number of nitrogens with one attached hydrogen (secondary N) is 2. The molecule has 7 heteroatoms. The van der Waals surface area contributed by atoms with E-state index < -0.39 is 0 Å². The first kappa shape index (κ1) is 17.0. The number of benzene rings is 1. The van der Waals surface area contributed by atoms with Gasteiger partial charge in [-0.3, -0.25) is 14.3 Å². The second-order valence-corrected chi connectivity index (χ2v) is 5.63. The first-order valence-corrected chi connectivity index (χ1v) is 7.70. The quantitative estimate of drug-likeness (QED) is 0.882. The zero-order chi connectivity index (χ0) is 17.0. The molecule has 2 amide bonds. The van der Waals surface area contributed by atoms with E-state index in [1.165, 1.54) is 4.68 Å². The van der Waals surface area contributed by atoms with Gasteiger partial charge in [-0.1, -0.05) is 18.5 Å². The molecule has 0 aliphatic carbocycles. The highest BCUT2D eigenvalue weighted by Crippen LogP contribution is 2.22. The van der Waals surface area contributed by atoms with E-state index in [1.54, 1.807) is 38.2 Å². The molecule has 2 aromatic rings. The average Bonchev–Trinajstić information content (AvgIpc) is 2.83. The zero-order valence-electron chi connectivity index (χ0n) is 13.3. The molecule has 1 aromatic carbocycles. The lowest BCUT2D eigenvalue weighted by Crippen LogP contribution is -2.26. The van der Waals surface area contributed by atoms with Gasteiger partial charge in [-0.05, 0) is 37.6 Å². The predicted octanol–water partition coefficient (Wildman–Crippen LogP) is 2.77. The smallest absolute Gasteiger partial charge is 0.273 e. The topological polar surface area (TPSA) is 76.0 Å². The molecule has 0 atom stereocenters. The van der Waals surface area contributed by atoms with Gasteiger partial charge in [0.2, 0.25) is 0 Å². The number of rotatable bonds is 5. The number of halogens is 1. The van der Waals surface area contributed by atoms with Crippen molar-refractivity contribution in [3.05, 3.63) is 46.2 Å². The summed E-state index contributed by atoms with van der Waals surface area (Å²) in [6, 6.07) is 6.45. The van der Waals surface area contributed by atoms with Crippen LogP contribution in [0, 0.1) is 6.92 Å². The Bertz CT molecular complexity index is 740. The van der Waals surface area contributed by atoms with Crippen LogP contribution >= 0.6 is 11.6 Å². The van der Waals surface area contributed by atoms with Crippen LogP contribution in [0.25, 0.3) is 0 Å². The monoisotopic (exact) mass is 334 g/mol. The Morgan fingerprint density at radius 3 is 2.61 bits per heavy atom. The van der Waals surface area contributed by atoms with Crippen LogP contribution in [0.1, 0.15) is 39.9 Å². The van der Waals surface area contributed by atoms with E-state index in [0.29, 0.717) is 28.5 Å². The summed E-state index contributed by atoms with van der Waals surface area (Å²) in [6.45, 7) is 4.34. The fourth-order valence-corrected chi connectivity index (χ4v) is 2.33. The Hall–Kier alpha value is -2.34. The molecule has 2 N–H and O–H groups in total. The zero-order valence-corrected chi connectivity index (χ0v) is 14.1. The first-order valence-electron chi connectivity index (χ1n) is 7.32. The van der Waals surface area contributed by atoms with Crippen molar-refractivity contribution >= 4 is 29.1 Å². The fourth-order valence-electron chi connectivity index (χ4n) is 2.16. The number of aryl methyl sites for hydroxylation is 2. The summed E-state index contributed by atoms with van der Waals surface area (Å²) in [5.74, 6) is -0.597. The Morgan fingerprint density at radius 2 is 2.00 bits per heavy atom. The van der Waals surface area contributed by atoms with E-state index in [2.05, 4.69) is 15.7 Å². The number of nitrogens with zero attached hydrogens (tertiary/aromatic N) is 2. The summed E-state index contributed by atoms with van der Waals surface area (Å²) in [5, 5.41) is 10.1. The van der Waals surface area contributed by atoms with Gasteiger partial charge in [0.25, 0.3) is 11.8 Å². The van der Waals surface area contributed by atoms with Gasteiger partial charge in [0.15, 0.2) is 0 Å². The maximum Gasteiger partial charge on any atom is 0.273 e. The average molecular weight is 335 g/mol. The molecule has 0 fully saturated rings. The molecule has 0 radical (unpaired) electrons. The maximum atomic E-state index is 12.4. The third-order valence-corrected chi connectivity index (χ3v) is 3.48. The lowest BCUT2D eigenvalue weighted by Gasteiger charge is -2.12. The minimum absolute atomic E-state index is 0.250. The SMILES string of the molecule is CCCNC(=O)c1ccc(Cl)cc1NC(=O)c1cc(C)nn1C. The van der Waals surface area contributed by atoms with Crippen LogP contribution in [0.5, 0.6) is 0 Å². The number of aromatic nitrogens is 2. The molecule has 0 unspecified atom stereocenters. The van der Waals surface area contributed by atoms with Crippen LogP contribution in [-0.4, -0.2) is 28.1 Å². The summed E-state index contributed by atoms with van der Waals surface area (Å²) in [4.78, 5) is 24.6. The van der Waals surface area contributed by atoms with E-state index >= 15 is 0 Å². The number of hydrogen-bond donors (Lipinski definition) is 2. The molecule has 0 aliphatic rings. The minimum atomic E-state index is -0.347. The van der Waals surface area contributed by atoms with Gasteiger partial charge >= 0.3 is 0 Å². The Labute approximate surface area is 139 Å². The largest absolute Gasteiger partial charge is 0.352 e. The van der Waals surface area contributed by atoms with Gasteiger partial charge in [-0.15, -0.1) is 0 Å². The van der Waals surface area contributed by atoms with Crippen LogP contribution in [0.4, 0.5) is 5.69 Å². The number of hydrogen-bond acceptors (Lipinski definition) is 3. The Balaban J connectivity index is 2.28.